The second kappa shape index (κ2) is 7.52. The summed E-state index contributed by atoms with van der Waals surface area (Å²) in [6.45, 7) is 7.15. The van der Waals surface area contributed by atoms with Crippen molar-refractivity contribution in [3.05, 3.63) is 29.8 Å². The highest BCUT2D eigenvalue weighted by atomic mass is 16.5. The number of nitrogens with zero attached hydrogens (tertiary/aromatic N) is 2. The fourth-order valence-corrected chi connectivity index (χ4v) is 2.81. The van der Waals surface area contributed by atoms with Crippen molar-refractivity contribution in [1.82, 2.24) is 4.90 Å². The number of methoxy groups -OCH3 is 1. The van der Waals surface area contributed by atoms with Gasteiger partial charge in [0.05, 0.1) is 13.7 Å². The third kappa shape index (κ3) is 4.39. The fraction of sp³-hybridized carbons (Fsp3) is 0.611. The van der Waals surface area contributed by atoms with Crippen molar-refractivity contribution in [1.29, 1.82) is 0 Å². The van der Waals surface area contributed by atoms with Crippen molar-refractivity contribution in [2.45, 2.75) is 44.9 Å². The van der Waals surface area contributed by atoms with Gasteiger partial charge in [-0.3, -0.25) is 4.99 Å². The Morgan fingerprint density at radius 3 is 2.55 bits per heavy atom. The second-order valence-electron chi connectivity index (χ2n) is 6.69. The van der Waals surface area contributed by atoms with E-state index >= 15 is 0 Å². The summed E-state index contributed by atoms with van der Waals surface area (Å²) in [4.78, 5) is 6.90. The van der Waals surface area contributed by atoms with Crippen molar-refractivity contribution in [2.24, 2.45) is 10.7 Å². The van der Waals surface area contributed by atoms with E-state index < -0.39 is 0 Å². The maximum Gasteiger partial charge on any atom is 0.191 e. The highest BCUT2D eigenvalue weighted by molar-refractivity contribution is 5.78. The molecule has 1 aromatic rings. The first-order valence-electron chi connectivity index (χ1n) is 8.22. The first-order chi connectivity index (χ1) is 10.5. The smallest absolute Gasteiger partial charge is 0.191 e. The summed E-state index contributed by atoms with van der Waals surface area (Å²) >= 11 is 0. The molecule has 1 aliphatic rings. The second-order valence-corrected chi connectivity index (χ2v) is 6.69. The number of rotatable bonds is 4. The third-order valence-corrected chi connectivity index (χ3v) is 4.42. The molecule has 0 spiro atoms. The van der Waals surface area contributed by atoms with Gasteiger partial charge < -0.3 is 15.4 Å². The van der Waals surface area contributed by atoms with Crippen LogP contribution in [0.2, 0.25) is 0 Å². The third-order valence-electron chi connectivity index (χ3n) is 4.42. The van der Waals surface area contributed by atoms with Gasteiger partial charge in [-0.2, -0.15) is 0 Å². The van der Waals surface area contributed by atoms with Crippen LogP contribution in [-0.4, -0.2) is 37.6 Å². The van der Waals surface area contributed by atoms with E-state index in [2.05, 4.69) is 35.9 Å². The molecule has 0 unspecified atom stereocenters. The fourth-order valence-electron chi connectivity index (χ4n) is 2.81. The van der Waals surface area contributed by atoms with Gasteiger partial charge in [0.2, 0.25) is 0 Å². The summed E-state index contributed by atoms with van der Waals surface area (Å²) in [6, 6.07) is 8.20. The molecule has 4 heteroatoms. The van der Waals surface area contributed by atoms with Gasteiger partial charge in [0.15, 0.2) is 5.96 Å². The molecule has 22 heavy (non-hydrogen) atoms. The van der Waals surface area contributed by atoms with Crippen LogP contribution in [0.3, 0.4) is 0 Å². The summed E-state index contributed by atoms with van der Waals surface area (Å²) in [5.74, 6) is 1.58. The minimum absolute atomic E-state index is 0.0645. The Bertz CT molecular complexity index is 503. The Labute approximate surface area is 134 Å². The molecule has 0 radical (unpaired) electrons. The first-order valence-corrected chi connectivity index (χ1v) is 8.22. The van der Waals surface area contributed by atoms with Crippen molar-refractivity contribution < 1.29 is 4.74 Å². The molecule has 0 saturated carbocycles. The maximum absolute atomic E-state index is 6.21. The Kier molecular flexibility index (Phi) is 5.69. The number of nitrogens with two attached hydrogens (primary N) is 1. The van der Waals surface area contributed by atoms with Gasteiger partial charge in [-0.1, -0.05) is 38.8 Å². The largest absolute Gasteiger partial charge is 0.497 e. The van der Waals surface area contributed by atoms with E-state index in [0.717, 1.165) is 18.8 Å². The number of likely N-dealkylation sites (tertiary alicyclic amines) is 1. The van der Waals surface area contributed by atoms with Gasteiger partial charge in [0.1, 0.15) is 5.75 Å². The number of aliphatic imine (C=N–C) groups is 1. The summed E-state index contributed by atoms with van der Waals surface area (Å²) < 4.78 is 5.32. The van der Waals surface area contributed by atoms with Crippen molar-refractivity contribution >= 4 is 5.96 Å². The molecule has 2 N–H and O–H groups in total. The van der Waals surface area contributed by atoms with E-state index in [1.165, 1.54) is 31.2 Å². The topological polar surface area (TPSA) is 50.9 Å². The number of benzene rings is 1. The summed E-state index contributed by atoms with van der Waals surface area (Å²) in [5, 5.41) is 0. The van der Waals surface area contributed by atoms with Gasteiger partial charge in [0, 0.05) is 18.5 Å². The van der Waals surface area contributed by atoms with Crippen LogP contribution in [0.15, 0.2) is 29.3 Å². The SMILES string of the molecule is COc1cccc(C(C)(C)CN=C(N)N2CCCCCC2)c1. The van der Waals surface area contributed by atoms with Crippen LogP contribution in [0, 0.1) is 0 Å². The van der Waals surface area contributed by atoms with Crippen LogP contribution in [0.5, 0.6) is 5.75 Å². The molecule has 0 atom stereocenters. The number of hydrogen-bond acceptors (Lipinski definition) is 2. The van der Waals surface area contributed by atoms with Crippen LogP contribution in [-0.2, 0) is 5.41 Å². The lowest BCUT2D eigenvalue weighted by Gasteiger charge is -2.26. The van der Waals surface area contributed by atoms with E-state index in [1.807, 2.05) is 12.1 Å². The highest BCUT2D eigenvalue weighted by Gasteiger charge is 2.21. The molecule has 2 rings (SSSR count). The molecule has 122 valence electrons. The van der Waals surface area contributed by atoms with Crippen LogP contribution >= 0.6 is 0 Å². The zero-order chi connectivity index (χ0) is 16.0. The molecule has 0 amide bonds. The van der Waals surface area contributed by atoms with Crippen molar-refractivity contribution in [3.8, 4) is 5.75 Å². The average Bonchev–Trinajstić information content (AvgIpc) is 2.82. The molecule has 1 aromatic carbocycles. The molecule has 1 fully saturated rings. The van der Waals surface area contributed by atoms with E-state index in [-0.39, 0.29) is 5.41 Å². The molecule has 0 aliphatic carbocycles. The van der Waals surface area contributed by atoms with Crippen LogP contribution < -0.4 is 10.5 Å². The van der Waals surface area contributed by atoms with Gasteiger partial charge >= 0.3 is 0 Å². The van der Waals surface area contributed by atoms with Crippen LogP contribution in [0.4, 0.5) is 0 Å². The lowest BCUT2D eigenvalue weighted by molar-refractivity contribution is 0.411. The number of hydrogen-bond donors (Lipinski definition) is 1. The molecule has 0 aromatic heterocycles. The van der Waals surface area contributed by atoms with E-state index in [0.29, 0.717) is 12.5 Å². The normalized spacial score (nSPS) is 17.2. The average molecular weight is 303 g/mol. The molecular weight excluding hydrogens is 274 g/mol. The predicted octanol–water partition coefficient (Wildman–Crippen LogP) is 3.16. The summed E-state index contributed by atoms with van der Waals surface area (Å²) in [7, 11) is 1.70. The Balaban J connectivity index is 2.05. The Morgan fingerprint density at radius 2 is 1.91 bits per heavy atom. The molecule has 1 heterocycles. The lowest BCUT2D eigenvalue weighted by atomic mass is 9.85. The maximum atomic E-state index is 6.21. The predicted molar refractivity (Wildman–Crippen MR) is 92.6 cm³/mol. The highest BCUT2D eigenvalue weighted by Crippen LogP contribution is 2.26. The van der Waals surface area contributed by atoms with E-state index in [1.54, 1.807) is 7.11 Å². The minimum Gasteiger partial charge on any atom is -0.497 e. The lowest BCUT2D eigenvalue weighted by Crippen LogP contribution is -2.39. The van der Waals surface area contributed by atoms with Crippen LogP contribution in [0.1, 0.15) is 45.1 Å². The monoisotopic (exact) mass is 303 g/mol. The number of ether oxygens (including phenoxy) is 1. The molecule has 1 saturated heterocycles. The van der Waals surface area contributed by atoms with E-state index in [9.17, 15) is 0 Å². The molecular formula is C18H29N3O. The minimum atomic E-state index is -0.0645. The van der Waals surface area contributed by atoms with Crippen molar-refractivity contribution in [3.63, 3.8) is 0 Å². The molecule has 1 aliphatic heterocycles. The van der Waals surface area contributed by atoms with Crippen molar-refractivity contribution in [2.75, 3.05) is 26.7 Å². The zero-order valence-corrected chi connectivity index (χ0v) is 14.1. The summed E-state index contributed by atoms with van der Waals surface area (Å²) in [6.07, 6.45) is 5.04. The van der Waals surface area contributed by atoms with Gasteiger partial charge in [-0.05, 0) is 30.5 Å². The summed E-state index contributed by atoms with van der Waals surface area (Å²) in [5.41, 5.74) is 7.37. The Morgan fingerprint density at radius 1 is 1.23 bits per heavy atom. The standard InChI is InChI=1S/C18H29N3O/c1-18(2,15-9-8-10-16(13-15)22-3)14-20-17(19)21-11-6-4-5-7-12-21/h8-10,13H,4-7,11-12,14H2,1-3H3,(H2,19,20). The van der Waals surface area contributed by atoms with E-state index in [4.69, 9.17) is 10.5 Å². The zero-order valence-electron chi connectivity index (χ0n) is 14.1. The molecule has 0 bridgehead atoms. The quantitative estimate of drug-likeness (QED) is 0.686. The molecule has 4 nitrogen and oxygen atoms in total. The number of guanidine groups is 1. The first kappa shape index (κ1) is 16.7. The van der Waals surface area contributed by atoms with Gasteiger partial charge in [-0.15, -0.1) is 0 Å². The van der Waals surface area contributed by atoms with Gasteiger partial charge in [0.25, 0.3) is 0 Å². The van der Waals surface area contributed by atoms with Crippen LogP contribution in [0.25, 0.3) is 0 Å². The Hall–Kier alpha value is -1.71. The van der Waals surface area contributed by atoms with Gasteiger partial charge in [-0.25, -0.2) is 0 Å².